The van der Waals surface area contributed by atoms with E-state index in [1.54, 1.807) is 9.80 Å². The van der Waals surface area contributed by atoms with E-state index in [0.29, 0.717) is 0 Å². The van der Waals surface area contributed by atoms with Crippen LogP contribution in [-0.4, -0.2) is 32.7 Å². The lowest BCUT2D eigenvalue weighted by molar-refractivity contribution is -1.02. The van der Waals surface area contributed by atoms with Crippen LogP contribution in [0.2, 0.25) is 0 Å². The lowest BCUT2D eigenvalue weighted by Gasteiger charge is -2.29. The molecule has 0 spiro atoms. The Morgan fingerprint density at radius 2 is 1.33 bits per heavy atom. The summed E-state index contributed by atoms with van der Waals surface area (Å²) >= 11 is 0. The quantitative estimate of drug-likeness (QED) is 0.756. The highest BCUT2D eigenvalue weighted by Gasteiger charge is 2.22. The molecular formula is C22H32N2+2. The molecule has 1 heterocycles. The van der Waals surface area contributed by atoms with Crippen molar-refractivity contribution in [1.82, 2.24) is 0 Å². The van der Waals surface area contributed by atoms with E-state index >= 15 is 0 Å². The molecule has 24 heavy (non-hydrogen) atoms. The third kappa shape index (κ3) is 5.19. The molecule has 1 aliphatic heterocycles. The molecule has 0 aromatic heterocycles. The Labute approximate surface area is 147 Å². The summed E-state index contributed by atoms with van der Waals surface area (Å²) in [7, 11) is 0. The van der Waals surface area contributed by atoms with Crippen molar-refractivity contribution in [2.75, 3.05) is 32.7 Å². The van der Waals surface area contributed by atoms with Gasteiger partial charge in [0.05, 0.1) is 6.54 Å². The predicted octanol–water partition coefficient (Wildman–Crippen LogP) is 1.17. The van der Waals surface area contributed by atoms with Crippen molar-refractivity contribution in [3.63, 3.8) is 0 Å². The van der Waals surface area contributed by atoms with E-state index in [9.17, 15) is 0 Å². The van der Waals surface area contributed by atoms with Gasteiger partial charge in [0.25, 0.3) is 0 Å². The monoisotopic (exact) mass is 324 g/mol. The zero-order valence-electron chi connectivity index (χ0n) is 15.1. The van der Waals surface area contributed by atoms with Crippen molar-refractivity contribution >= 4 is 0 Å². The maximum atomic E-state index is 2.32. The first-order chi connectivity index (χ1) is 11.8. The fourth-order valence-electron chi connectivity index (χ4n) is 3.75. The number of quaternary nitrogens is 2. The van der Waals surface area contributed by atoms with Crippen LogP contribution in [0, 0.1) is 0 Å². The van der Waals surface area contributed by atoms with Crippen LogP contribution in [-0.2, 0) is 19.4 Å². The van der Waals surface area contributed by atoms with Crippen molar-refractivity contribution in [3.8, 4) is 0 Å². The fraction of sp³-hybridized carbons (Fsp3) is 0.455. The Morgan fingerprint density at radius 3 is 2.00 bits per heavy atom. The van der Waals surface area contributed by atoms with Crippen molar-refractivity contribution in [1.29, 1.82) is 0 Å². The Kier molecular flexibility index (Phi) is 6.45. The van der Waals surface area contributed by atoms with Crippen molar-refractivity contribution < 1.29 is 9.80 Å². The molecule has 2 nitrogen and oxygen atoms in total. The van der Waals surface area contributed by atoms with Gasteiger partial charge in [0, 0.05) is 12.0 Å². The largest absolute Gasteiger partial charge is 0.326 e. The first-order valence-electron chi connectivity index (χ1n) is 9.62. The fourth-order valence-corrected chi connectivity index (χ4v) is 3.75. The number of aryl methyl sites for hydroxylation is 2. The summed E-state index contributed by atoms with van der Waals surface area (Å²) in [4.78, 5) is 3.56. The van der Waals surface area contributed by atoms with Gasteiger partial charge in [0.1, 0.15) is 32.7 Å². The second-order valence-corrected chi connectivity index (χ2v) is 7.19. The third-order valence-corrected chi connectivity index (χ3v) is 5.39. The van der Waals surface area contributed by atoms with Gasteiger partial charge in [0.2, 0.25) is 0 Å². The number of piperazine rings is 1. The lowest BCUT2D eigenvalue weighted by atomic mass is 10.1. The van der Waals surface area contributed by atoms with Crippen molar-refractivity contribution in [3.05, 3.63) is 71.3 Å². The third-order valence-electron chi connectivity index (χ3n) is 5.39. The highest BCUT2D eigenvalue weighted by molar-refractivity contribution is 5.21. The molecule has 1 aliphatic rings. The van der Waals surface area contributed by atoms with Crippen LogP contribution in [0.3, 0.4) is 0 Å². The Balaban J connectivity index is 1.36. The van der Waals surface area contributed by atoms with Gasteiger partial charge >= 0.3 is 0 Å². The summed E-state index contributed by atoms with van der Waals surface area (Å²) in [5.41, 5.74) is 4.42. The minimum Gasteiger partial charge on any atom is -0.326 e. The van der Waals surface area contributed by atoms with Crippen LogP contribution in [0.5, 0.6) is 0 Å². The van der Waals surface area contributed by atoms with Crippen LogP contribution in [0.4, 0.5) is 0 Å². The summed E-state index contributed by atoms with van der Waals surface area (Å²) < 4.78 is 0. The van der Waals surface area contributed by atoms with E-state index in [4.69, 9.17) is 0 Å². The molecule has 128 valence electrons. The molecule has 0 unspecified atom stereocenters. The molecule has 1 saturated heterocycles. The maximum Gasteiger partial charge on any atom is 0.127 e. The lowest BCUT2D eigenvalue weighted by Crippen LogP contribution is -3.27. The van der Waals surface area contributed by atoms with Gasteiger partial charge in [-0.1, -0.05) is 61.5 Å². The standard InChI is InChI=1S/C22H30N2/c1-2-20-10-12-22(13-11-20)19-24-17-15-23(16-18-24)14-6-9-21-7-4-3-5-8-21/h3-5,7-8,10-13H,2,6,9,14-19H2,1H3/p+2. The van der Waals surface area contributed by atoms with Gasteiger partial charge in [-0.3, -0.25) is 0 Å². The van der Waals surface area contributed by atoms with Gasteiger partial charge in [-0.2, -0.15) is 0 Å². The summed E-state index contributed by atoms with van der Waals surface area (Å²) in [5, 5.41) is 0. The summed E-state index contributed by atoms with van der Waals surface area (Å²) in [6, 6.07) is 20.1. The minimum absolute atomic E-state index is 1.14. The van der Waals surface area contributed by atoms with E-state index in [0.717, 1.165) is 6.42 Å². The second kappa shape index (κ2) is 9.00. The average molecular weight is 325 g/mol. The SMILES string of the molecule is CCc1ccc(C[NH+]2CC[NH+](CCCc3ccccc3)CC2)cc1. The van der Waals surface area contributed by atoms with E-state index in [-0.39, 0.29) is 0 Å². The smallest absolute Gasteiger partial charge is 0.127 e. The van der Waals surface area contributed by atoms with Crippen molar-refractivity contribution in [2.45, 2.75) is 32.7 Å². The summed E-state index contributed by atoms with van der Waals surface area (Å²) in [6.45, 7) is 10.0. The predicted molar refractivity (Wildman–Crippen MR) is 101 cm³/mol. The van der Waals surface area contributed by atoms with E-state index in [1.807, 2.05) is 0 Å². The number of benzene rings is 2. The molecule has 1 fully saturated rings. The van der Waals surface area contributed by atoms with Crippen LogP contribution < -0.4 is 9.80 Å². The maximum absolute atomic E-state index is 2.32. The molecule has 2 heteroatoms. The van der Waals surface area contributed by atoms with Crippen LogP contribution in [0.25, 0.3) is 0 Å². The summed E-state index contributed by atoms with van der Waals surface area (Å²) in [6.07, 6.45) is 3.68. The van der Waals surface area contributed by atoms with Gasteiger partial charge in [-0.05, 0) is 24.0 Å². The topological polar surface area (TPSA) is 8.88 Å². The minimum atomic E-state index is 1.14. The highest BCUT2D eigenvalue weighted by Crippen LogP contribution is 2.04. The van der Waals surface area contributed by atoms with E-state index in [2.05, 4.69) is 61.5 Å². The zero-order valence-corrected chi connectivity index (χ0v) is 15.1. The van der Waals surface area contributed by atoms with E-state index < -0.39 is 0 Å². The molecule has 2 N–H and O–H groups in total. The summed E-state index contributed by atoms with van der Waals surface area (Å²) in [5.74, 6) is 0. The first kappa shape index (κ1) is 17.2. The average Bonchev–Trinajstić information content (AvgIpc) is 2.65. The van der Waals surface area contributed by atoms with Gasteiger partial charge < -0.3 is 9.80 Å². The molecule has 0 bridgehead atoms. The number of rotatable bonds is 7. The molecular weight excluding hydrogens is 292 g/mol. The van der Waals surface area contributed by atoms with Crippen molar-refractivity contribution in [2.24, 2.45) is 0 Å². The Bertz CT molecular complexity index is 583. The molecule has 0 amide bonds. The molecule has 0 aliphatic carbocycles. The first-order valence-corrected chi connectivity index (χ1v) is 9.62. The Morgan fingerprint density at radius 1 is 0.708 bits per heavy atom. The molecule has 2 aromatic rings. The van der Waals surface area contributed by atoms with Crippen LogP contribution >= 0.6 is 0 Å². The highest BCUT2D eigenvalue weighted by atomic mass is 15.3. The normalized spacial score (nSPS) is 20.9. The number of hydrogen-bond donors (Lipinski definition) is 2. The number of nitrogens with one attached hydrogen (secondary N) is 2. The van der Waals surface area contributed by atoms with Gasteiger partial charge in [-0.25, -0.2) is 0 Å². The molecule has 0 saturated carbocycles. The zero-order chi connectivity index (χ0) is 16.6. The molecule has 0 atom stereocenters. The molecule has 3 rings (SSSR count). The van der Waals surface area contributed by atoms with Gasteiger partial charge in [-0.15, -0.1) is 0 Å². The molecule has 2 aromatic carbocycles. The Hall–Kier alpha value is -1.64. The van der Waals surface area contributed by atoms with Crippen LogP contribution in [0.15, 0.2) is 54.6 Å². The van der Waals surface area contributed by atoms with E-state index in [1.165, 1.54) is 68.8 Å². The van der Waals surface area contributed by atoms with Crippen LogP contribution in [0.1, 0.15) is 30.0 Å². The second-order valence-electron chi connectivity index (χ2n) is 7.19. The number of hydrogen-bond acceptors (Lipinski definition) is 0. The molecule has 0 radical (unpaired) electrons. The van der Waals surface area contributed by atoms with Gasteiger partial charge in [0.15, 0.2) is 0 Å².